The van der Waals surface area contributed by atoms with Crippen LogP contribution in [0.3, 0.4) is 0 Å². The molecule has 1 aromatic carbocycles. The molecule has 2 rings (SSSR count). The number of nitrogens with zero attached hydrogens (tertiary/aromatic N) is 2. The minimum Gasteiger partial charge on any atom is -0.329 e. The normalized spacial score (nSPS) is 20.2. The second kappa shape index (κ2) is 7.04. The average Bonchev–Trinajstić information content (AvgIpc) is 2.60. The first-order valence-electron chi connectivity index (χ1n) is 6.69. The third-order valence-corrected chi connectivity index (χ3v) is 4.96. The van der Waals surface area contributed by atoms with Gasteiger partial charge in [0.1, 0.15) is 0 Å². The Balaban J connectivity index is 2.16. The minimum atomic E-state index is 0.278. The monoisotopic (exact) mass is 345 g/mol. The van der Waals surface area contributed by atoms with E-state index >= 15 is 0 Å². The zero-order chi connectivity index (χ0) is 13.8. The van der Waals surface area contributed by atoms with Crippen LogP contribution in [-0.2, 0) is 0 Å². The lowest BCUT2D eigenvalue weighted by atomic mass is 10.1. The predicted molar refractivity (Wildman–Crippen MR) is 84.6 cm³/mol. The number of nitrogens with two attached hydrogens (primary N) is 1. The van der Waals surface area contributed by atoms with Crippen LogP contribution in [0.5, 0.6) is 0 Å². The van der Waals surface area contributed by atoms with Crippen LogP contribution in [0.4, 0.5) is 0 Å². The van der Waals surface area contributed by atoms with Crippen LogP contribution in [0.15, 0.2) is 22.7 Å². The molecule has 1 fully saturated rings. The molecule has 0 aromatic heterocycles. The molecule has 1 aliphatic rings. The highest BCUT2D eigenvalue weighted by Gasteiger charge is 2.21. The molecule has 3 nitrogen and oxygen atoms in total. The van der Waals surface area contributed by atoms with E-state index in [1.54, 1.807) is 0 Å². The first kappa shape index (κ1) is 15.3. The van der Waals surface area contributed by atoms with E-state index in [0.29, 0.717) is 6.54 Å². The number of likely N-dealkylation sites (N-methyl/N-ethyl adjacent to an activating group) is 1. The summed E-state index contributed by atoms with van der Waals surface area (Å²) in [7, 11) is 2.18. The molecular weight excluding hydrogens is 326 g/mol. The molecule has 0 radical (unpaired) electrons. The number of benzene rings is 1. The average molecular weight is 347 g/mol. The summed E-state index contributed by atoms with van der Waals surface area (Å²) in [6.45, 7) is 5.08. The van der Waals surface area contributed by atoms with E-state index in [1.807, 2.05) is 6.07 Å². The van der Waals surface area contributed by atoms with Crippen molar-refractivity contribution < 1.29 is 0 Å². The Morgan fingerprint density at radius 3 is 2.79 bits per heavy atom. The third kappa shape index (κ3) is 3.92. The fourth-order valence-corrected chi connectivity index (χ4v) is 3.11. The molecule has 0 bridgehead atoms. The summed E-state index contributed by atoms with van der Waals surface area (Å²) in [5, 5.41) is 0.745. The van der Waals surface area contributed by atoms with Crippen molar-refractivity contribution in [3.8, 4) is 0 Å². The molecule has 1 unspecified atom stereocenters. The maximum Gasteiger partial charge on any atom is 0.0548 e. The van der Waals surface area contributed by atoms with Gasteiger partial charge < -0.3 is 10.6 Å². The van der Waals surface area contributed by atoms with Gasteiger partial charge in [-0.05, 0) is 53.6 Å². The summed E-state index contributed by atoms with van der Waals surface area (Å²) in [5.74, 6) is 0. The molecule has 2 N–H and O–H groups in total. The molecule has 0 saturated carbocycles. The number of halogens is 2. The minimum absolute atomic E-state index is 0.278. The van der Waals surface area contributed by atoms with Gasteiger partial charge in [0, 0.05) is 36.7 Å². The molecular formula is C14H21BrClN3. The van der Waals surface area contributed by atoms with Gasteiger partial charge in [-0.15, -0.1) is 0 Å². The van der Waals surface area contributed by atoms with Gasteiger partial charge in [0.25, 0.3) is 0 Å². The lowest BCUT2D eigenvalue weighted by Crippen LogP contribution is -2.36. The lowest BCUT2D eigenvalue weighted by Gasteiger charge is -2.30. The largest absolute Gasteiger partial charge is 0.329 e. The van der Waals surface area contributed by atoms with Gasteiger partial charge in [-0.25, -0.2) is 0 Å². The zero-order valence-electron chi connectivity index (χ0n) is 11.3. The lowest BCUT2D eigenvalue weighted by molar-refractivity contribution is 0.208. The maximum atomic E-state index is 6.06. The van der Waals surface area contributed by atoms with E-state index in [2.05, 4.69) is 44.9 Å². The topological polar surface area (TPSA) is 32.5 Å². The van der Waals surface area contributed by atoms with Crippen molar-refractivity contribution in [3.63, 3.8) is 0 Å². The van der Waals surface area contributed by atoms with E-state index in [9.17, 15) is 0 Å². The summed E-state index contributed by atoms with van der Waals surface area (Å²) < 4.78 is 0.942. The van der Waals surface area contributed by atoms with Gasteiger partial charge in [0.2, 0.25) is 0 Å². The smallest absolute Gasteiger partial charge is 0.0548 e. The Bertz CT molecular complexity index is 427. The first-order chi connectivity index (χ1) is 9.11. The number of hydrogen-bond acceptors (Lipinski definition) is 3. The summed E-state index contributed by atoms with van der Waals surface area (Å²) in [5.41, 5.74) is 7.25. The van der Waals surface area contributed by atoms with Crippen molar-refractivity contribution >= 4 is 27.5 Å². The molecule has 106 valence electrons. The van der Waals surface area contributed by atoms with Crippen molar-refractivity contribution in [2.45, 2.75) is 12.5 Å². The highest BCUT2D eigenvalue weighted by atomic mass is 79.9. The van der Waals surface area contributed by atoms with E-state index in [1.165, 1.54) is 12.0 Å². The molecule has 0 amide bonds. The second-order valence-corrected chi connectivity index (χ2v) is 6.38. The van der Waals surface area contributed by atoms with Crippen LogP contribution in [0.25, 0.3) is 0 Å². The van der Waals surface area contributed by atoms with Gasteiger partial charge >= 0.3 is 0 Å². The number of rotatable bonds is 3. The highest BCUT2D eigenvalue weighted by Crippen LogP contribution is 2.28. The zero-order valence-corrected chi connectivity index (χ0v) is 13.6. The fourth-order valence-electron chi connectivity index (χ4n) is 2.59. The molecule has 1 saturated heterocycles. The Morgan fingerprint density at radius 2 is 2.11 bits per heavy atom. The maximum absolute atomic E-state index is 6.06. The summed E-state index contributed by atoms with van der Waals surface area (Å²) in [4.78, 5) is 4.87. The first-order valence-corrected chi connectivity index (χ1v) is 7.86. The van der Waals surface area contributed by atoms with Crippen LogP contribution in [-0.4, -0.2) is 49.6 Å². The molecule has 1 aliphatic heterocycles. The van der Waals surface area contributed by atoms with Crippen molar-refractivity contribution in [3.05, 3.63) is 33.3 Å². The van der Waals surface area contributed by atoms with Crippen LogP contribution in [0, 0.1) is 0 Å². The quantitative estimate of drug-likeness (QED) is 0.913. The van der Waals surface area contributed by atoms with Gasteiger partial charge in [-0.1, -0.05) is 17.7 Å². The molecule has 0 aliphatic carbocycles. The Hall–Kier alpha value is -0.130. The Kier molecular flexibility index (Phi) is 5.66. The molecule has 0 spiro atoms. The summed E-state index contributed by atoms with van der Waals surface area (Å²) in [6, 6.07) is 6.39. The molecule has 1 heterocycles. The Labute approximate surface area is 128 Å². The van der Waals surface area contributed by atoms with Crippen LogP contribution in [0.2, 0.25) is 5.02 Å². The van der Waals surface area contributed by atoms with E-state index in [0.717, 1.165) is 35.7 Å². The van der Waals surface area contributed by atoms with Crippen LogP contribution >= 0.6 is 27.5 Å². The van der Waals surface area contributed by atoms with Crippen molar-refractivity contribution in [2.75, 3.05) is 39.8 Å². The molecule has 5 heteroatoms. The van der Waals surface area contributed by atoms with Gasteiger partial charge in [-0.3, -0.25) is 4.90 Å². The third-order valence-electron chi connectivity index (χ3n) is 3.75. The van der Waals surface area contributed by atoms with Crippen molar-refractivity contribution in [2.24, 2.45) is 5.73 Å². The summed E-state index contributed by atoms with van der Waals surface area (Å²) in [6.07, 6.45) is 1.20. The van der Waals surface area contributed by atoms with Crippen LogP contribution < -0.4 is 5.73 Å². The predicted octanol–water partition coefficient (Wildman–Crippen LogP) is 2.74. The van der Waals surface area contributed by atoms with E-state index in [-0.39, 0.29) is 6.04 Å². The van der Waals surface area contributed by atoms with E-state index < -0.39 is 0 Å². The molecule has 1 atom stereocenters. The summed E-state index contributed by atoms with van der Waals surface area (Å²) >= 11 is 9.55. The van der Waals surface area contributed by atoms with Gasteiger partial charge in [-0.2, -0.15) is 0 Å². The standard InChI is InChI=1S/C14H21BrClN3/c1-18-5-2-6-19(8-7-18)14(10-17)11-3-4-13(16)12(15)9-11/h3-4,9,14H,2,5-8,10,17H2,1H3. The SMILES string of the molecule is CN1CCCN(C(CN)c2ccc(Cl)c(Br)c2)CC1. The van der Waals surface area contributed by atoms with E-state index in [4.69, 9.17) is 17.3 Å². The van der Waals surface area contributed by atoms with Crippen molar-refractivity contribution in [1.29, 1.82) is 0 Å². The molecule has 1 aromatic rings. The Morgan fingerprint density at radius 1 is 1.32 bits per heavy atom. The van der Waals surface area contributed by atoms with Gasteiger partial charge in [0.05, 0.1) is 5.02 Å². The van der Waals surface area contributed by atoms with Crippen molar-refractivity contribution in [1.82, 2.24) is 9.80 Å². The van der Waals surface area contributed by atoms with Gasteiger partial charge in [0.15, 0.2) is 0 Å². The van der Waals surface area contributed by atoms with Crippen LogP contribution in [0.1, 0.15) is 18.0 Å². The number of hydrogen-bond donors (Lipinski definition) is 1. The highest BCUT2D eigenvalue weighted by molar-refractivity contribution is 9.10. The molecule has 19 heavy (non-hydrogen) atoms. The second-order valence-electron chi connectivity index (χ2n) is 5.12. The fraction of sp³-hybridized carbons (Fsp3) is 0.571.